The average Bonchev–Trinajstić information content (AvgIpc) is 2.42. The number of rotatable bonds is 4. The van der Waals surface area contributed by atoms with Crippen LogP contribution in [0, 0.1) is 5.92 Å². The summed E-state index contributed by atoms with van der Waals surface area (Å²) < 4.78 is 1.34. The molecule has 2 nitrogen and oxygen atoms in total. The van der Waals surface area contributed by atoms with E-state index in [-0.39, 0.29) is 37.9 Å². The van der Waals surface area contributed by atoms with Crippen molar-refractivity contribution >= 4 is 19.4 Å². The van der Waals surface area contributed by atoms with Crippen LogP contribution < -0.4 is 4.46 Å². The SMILES string of the molecule is C=C(CO)[C@H]1CCC(C)([Se]c2ccccc2)C(O)C1. The van der Waals surface area contributed by atoms with Crippen LogP contribution in [0.5, 0.6) is 0 Å². The van der Waals surface area contributed by atoms with Gasteiger partial charge in [-0.3, -0.25) is 0 Å². The van der Waals surface area contributed by atoms with Crippen LogP contribution in [0.4, 0.5) is 0 Å². The molecule has 0 radical (unpaired) electrons. The zero-order valence-corrected chi connectivity index (χ0v) is 13.1. The number of aliphatic hydroxyl groups excluding tert-OH is 2. The zero-order valence-electron chi connectivity index (χ0n) is 11.4. The second kappa shape index (κ2) is 6.23. The summed E-state index contributed by atoms with van der Waals surface area (Å²) in [7, 11) is 0. The summed E-state index contributed by atoms with van der Waals surface area (Å²) in [5.74, 6) is 0.277. The molecule has 1 aromatic carbocycles. The normalized spacial score (nSPS) is 31.1. The molecule has 104 valence electrons. The van der Waals surface area contributed by atoms with Crippen LogP contribution >= 0.6 is 0 Å². The van der Waals surface area contributed by atoms with Crippen molar-refractivity contribution < 1.29 is 10.2 Å². The molecule has 0 aromatic heterocycles. The monoisotopic (exact) mass is 326 g/mol. The molecule has 0 spiro atoms. The van der Waals surface area contributed by atoms with Crippen LogP contribution in [-0.4, -0.2) is 37.9 Å². The van der Waals surface area contributed by atoms with Crippen molar-refractivity contribution in [2.45, 2.75) is 36.6 Å². The van der Waals surface area contributed by atoms with E-state index >= 15 is 0 Å². The predicted molar refractivity (Wildman–Crippen MR) is 79.8 cm³/mol. The van der Waals surface area contributed by atoms with Gasteiger partial charge in [-0.25, -0.2) is 0 Å². The number of hydrogen-bond acceptors (Lipinski definition) is 2. The Labute approximate surface area is 121 Å². The molecule has 2 rings (SSSR count). The molecule has 1 aliphatic carbocycles. The second-order valence-corrected chi connectivity index (χ2v) is 8.91. The van der Waals surface area contributed by atoms with Crippen LogP contribution in [0.1, 0.15) is 26.2 Å². The molecule has 0 bridgehead atoms. The summed E-state index contributed by atoms with van der Waals surface area (Å²) in [4.78, 5) is 0. The third-order valence-corrected chi connectivity index (χ3v) is 7.12. The third-order valence-electron chi connectivity index (χ3n) is 4.08. The van der Waals surface area contributed by atoms with Crippen molar-refractivity contribution in [1.29, 1.82) is 0 Å². The van der Waals surface area contributed by atoms with E-state index in [1.807, 2.05) is 6.07 Å². The molecule has 0 heterocycles. The average molecular weight is 325 g/mol. The van der Waals surface area contributed by atoms with Gasteiger partial charge in [0, 0.05) is 0 Å². The van der Waals surface area contributed by atoms with Gasteiger partial charge in [0.25, 0.3) is 0 Å². The summed E-state index contributed by atoms with van der Waals surface area (Å²) >= 11 is 0.277. The van der Waals surface area contributed by atoms with Crippen LogP contribution in [0.25, 0.3) is 0 Å². The second-order valence-electron chi connectivity index (χ2n) is 5.53. The molecule has 0 amide bonds. The van der Waals surface area contributed by atoms with Gasteiger partial charge in [-0.1, -0.05) is 0 Å². The molecule has 3 heteroatoms. The minimum absolute atomic E-state index is 0.000584. The van der Waals surface area contributed by atoms with Crippen molar-refractivity contribution in [2.24, 2.45) is 5.92 Å². The summed E-state index contributed by atoms with van der Waals surface area (Å²) in [5.41, 5.74) is 0.869. The first-order chi connectivity index (χ1) is 9.05. The Hall–Kier alpha value is -0.601. The Morgan fingerprint density at radius 2 is 2.11 bits per heavy atom. The Bertz CT molecular complexity index is 432. The summed E-state index contributed by atoms with van der Waals surface area (Å²) in [6.45, 7) is 6.14. The fourth-order valence-corrected chi connectivity index (χ4v) is 5.33. The molecule has 1 aromatic rings. The fourth-order valence-electron chi connectivity index (χ4n) is 2.64. The van der Waals surface area contributed by atoms with Crippen molar-refractivity contribution in [3.05, 3.63) is 42.5 Å². The Balaban J connectivity index is 2.03. The van der Waals surface area contributed by atoms with Crippen LogP contribution in [0.15, 0.2) is 42.5 Å². The van der Waals surface area contributed by atoms with Crippen molar-refractivity contribution in [3.63, 3.8) is 0 Å². The van der Waals surface area contributed by atoms with E-state index in [1.165, 1.54) is 4.46 Å². The molecule has 2 unspecified atom stereocenters. The maximum absolute atomic E-state index is 10.5. The van der Waals surface area contributed by atoms with Gasteiger partial charge >= 0.3 is 121 Å². The summed E-state index contributed by atoms with van der Waals surface area (Å²) in [5, 5.41) is 19.7. The van der Waals surface area contributed by atoms with Gasteiger partial charge in [0.1, 0.15) is 0 Å². The molecule has 1 fully saturated rings. The van der Waals surface area contributed by atoms with E-state index < -0.39 is 0 Å². The van der Waals surface area contributed by atoms with E-state index in [9.17, 15) is 5.11 Å². The Morgan fingerprint density at radius 1 is 1.42 bits per heavy atom. The number of aliphatic hydroxyl groups is 2. The molecule has 0 aliphatic heterocycles. The van der Waals surface area contributed by atoms with Crippen LogP contribution in [0.2, 0.25) is 4.31 Å². The third kappa shape index (κ3) is 3.49. The first-order valence-corrected chi connectivity index (χ1v) is 8.47. The van der Waals surface area contributed by atoms with E-state index in [2.05, 4.69) is 37.8 Å². The number of benzene rings is 1. The standard InChI is InChI=1S/C16H22O2Se/c1-12(11-17)13-8-9-16(2,15(18)10-13)19-14-6-4-3-5-7-14/h3-7,13,15,17-18H,1,8-11H2,2H3/t13-,15?,16?/m0/s1. The van der Waals surface area contributed by atoms with Gasteiger partial charge in [0.15, 0.2) is 0 Å². The molecule has 3 atom stereocenters. The van der Waals surface area contributed by atoms with Crippen LogP contribution in [-0.2, 0) is 0 Å². The first-order valence-electron chi connectivity index (χ1n) is 6.76. The first kappa shape index (κ1) is 14.8. The van der Waals surface area contributed by atoms with Gasteiger partial charge in [0.05, 0.1) is 0 Å². The van der Waals surface area contributed by atoms with Crippen molar-refractivity contribution in [3.8, 4) is 0 Å². The molecule has 1 saturated carbocycles. The van der Waals surface area contributed by atoms with E-state index in [0.717, 1.165) is 24.8 Å². The van der Waals surface area contributed by atoms with Crippen molar-refractivity contribution in [2.75, 3.05) is 6.61 Å². The predicted octanol–water partition coefficient (Wildman–Crippen LogP) is 1.90. The van der Waals surface area contributed by atoms with Gasteiger partial charge < -0.3 is 0 Å². The molecule has 0 saturated heterocycles. The Kier molecular flexibility index (Phi) is 4.86. The minimum atomic E-state index is -0.297. The number of hydrogen-bond donors (Lipinski definition) is 2. The van der Waals surface area contributed by atoms with Crippen molar-refractivity contribution in [1.82, 2.24) is 0 Å². The van der Waals surface area contributed by atoms with Gasteiger partial charge in [-0.15, -0.1) is 0 Å². The molecule has 1 aliphatic rings. The molecular formula is C16H22O2Se. The topological polar surface area (TPSA) is 40.5 Å². The van der Waals surface area contributed by atoms with Gasteiger partial charge in [-0.05, 0) is 0 Å². The van der Waals surface area contributed by atoms with Gasteiger partial charge in [0.2, 0.25) is 0 Å². The maximum atomic E-state index is 10.5. The van der Waals surface area contributed by atoms with E-state index in [4.69, 9.17) is 5.11 Å². The van der Waals surface area contributed by atoms with E-state index in [0.29, 0.717) is 0 Å². The summed E-state index contributed by atoms with van der Waals surface area (Å²) in [6.07, 6.45) is 2.48. The Morgan fingerprint density at radius 3 is 2.68 bits per heavy atom. The fraction of sp³-hybridized carbons (Fsp3) is 0.500. The molecular weight excluding hydrogens is 303 g/mol. The quantitative estimate of drug-likeness (QED) is 0.656. The van der Waals surface area contributed by atoms with Gasteiger partial charge in [-0.2, -0.15) is 0 Å². The van der Waals surface area contributed by atoms with E-state index in [1.54, 1.807) is 0 Å². The zero-order chi connectivity index (χ0) is 13.9. The summed E-state index contributed by atoms with van der Waals surface area (Å²) in [6, 6.07) is 10.5. The molecule has 19 heavy (non-hydrogen) atoms. The molecule has 2 N–H and O–H groups in total. The van der Waals surface area contributed by atoms with Crippen LogP contribution in [0.3, 0.4) is 0 Å².